The highest BCUT2D eigenvalue weighted by Crippen LogP contribution is 2.28. The van der Waals surface area contributed by atoms with E-state index in [0.717, 1.165) is 38.2 Å². The minimum atomic E-state index is 0.456. The monoisotopic (exact) mass is 349 g/mol. The van der Waals surface area contributed by atoms with Crippen LogP contribution in [-0.4, -0.2) is 7.11 Å². The van der Waals surface area contributed by atoms with Crippen molar-refractivity contribution in [1.82, 2.24) is 0 Å². The Morgan fingerprint density at radius 2 is 1.76 bits per heavy atom. The van der Waals surface area contributed by atoms with Crippen LogP contribution in [0.15, 0.2) is 34.8 Å². The summed E-state index contributed by atoms with van der Waals surface area (Å²) in [5.74, 6) is 1.67. The number of aryl methyl sites for hydroxylation is 2. The fourth-order valence-electron chi connectivity index (χ4n) is 2.22. The zero-order valence-corrected chi connectivity index (χ0v) is 14.2. The summed E-state index contributed by atoms with van der Waals surface area (Å²) in [5, 5.41) is 0. The molecule has 3 nitrogen and oxygen atoms in total. The third-order valence-electron chi connectivity index (χ3n) is 3.38. The number of benzene rings is 2. The number of nitrogens with two attached hydrogens (primary N) is 1. The molecular formula is C17H20BrNO2. The van der Waals surface area contributed by atoms with E-state index in [1.165, 1.54) is 0 Å². The Morgan fingerprint density at radius 1 is 1.10 bits per heavy atom. The normalized spacial score (nSPS) is 10.5. The van der Waals surface area contributed by atoms with E-state index in [2.05, 4.69) is 29.8 Å². The van der Waals surface area contributed by atoms with Gasteiger partial charge in [0.1, 0.15) is 18.1 Å². The molecule has 0 spiro atoms. The van der Waals surface area contributed by atoms with Crippen molar-refractivity contribution < 1.29 is 9.47 Å². The van der Waals surface area contributed by atoms with Gasteiger partial charge in [-0.25, -0.2) is 0 Å². The molecule has 0 radical (unpaired) electrons. The molecule has 0 saturated carbocycles. The van der Waals surface area contributed by atoms with Gasteiger partial charge in [0.25, 0.3) is 0 Å². The third kappa shape index (κ3) is 3.77. The average Bonchev–Trinajstić information content (AvgIpc) is 2.50. The number of methoxy groups -OCH3 is 1. The highest BCUT2D eigenvalue weighted by molar-refractivity contribution is 9.10. The molecule has 2 aromatic rings. The Morgan fingerprint density at radius 3 is 2.33 bits per heavy atom. The smallest absolute Gasteiger partial charge is 0.125 e. The number of hydrogen-bond donors (Lipinski definition) is 1. The van der Waals surface area contributed by atoms with E-state index in [9.17, 15) is 0 Å². The van der Waals surface area contributed by atoms with Crippen molar-refractivity contribution in [3.05, 3.63) is 57.1 Å². The van der Waals surface area contributed by atoms with Crippen molar-refractivity contribution in [2.45, 2.75) is 27.0 Å². The highest BCUT2D eigenvalue weighted by atomic mass is 79.9. The lowest BCUT2D eigenvalue weighted by atomic mass is 10.1. The van der Waals surface area contributed by atoms with Crippen LogP contribution < -0.4 is 15.2 Å². The molecule has 0 bridgehead atoms. The second-order valence-corrected chi connectivity index (χ2v) is 5.80. The standard InChI is InChI=1S/C17H20BrNO2/c1-11-6-15(7-12(2)17(11)18)21-10-14-8-13(9-19)4-5-16(14)20-3/h4-8H,9-10,19H2,1-3H3. The van der Waals surface area contributed by atoms with Crippen LogP contribution in [0.2, 0.25) is 0 Å². The van der Waals surface area contributed by atoms with Crippen LogP contribution in [0, 0.1) is 13.8 Å². The molecule has 2 N–H and O–H groups in total. The summed E-state index contributed by atoms with van der Waals surface area (Å²) in [7, 11) is 1.66. The van der Waals surface area contributed by atoms with Crippen LogP contribution >= 0.6 is 15.9 Å². The van der Waals surface area contributed by atoms with Gasteiger partial charge in [0.2, 0.25) is 0 Å². The summed E-state index contributed by atoms with van der Waals surface area (Å²) in [6.45, 7) is 5.07. The first-order valence-corrected chi connectivity index (χ1v) is 7.60. The molecule has 0 amide bonds. The molecule has 0 aliphatic heterocycles. The first-order valence-electron chi connectivity index (χ1n) is 6.80. The van der Waals surface area contributed by atoms with Crippen LogP contribution in [0.3, 0.4) is 0 Å². The predicted molar refractivity (Wildman–Crippen MR) is 88.8 cm³/mol. The van der Waals surface area contributed by atoms with E-state index in [4.69, 9.17) is 15.2 Å². The maximum absolute atomic E-state index is 5.91. The first-order chi connectivity index (χ1) is 10.0. The second kappa shape index (κ2) is 6.96. The Hall–Kier alpha value is -1.52. The van der Waals surface area contributed by atoms with Crippen LogP contribution in [-0.2, 0) is 13.2 Å². The van der Waals surface area contributed by atoms with Gasteiger partial charge < -0.3 is 15.2 Å². The van der Waals surface area contributed by atoms with Gasteiger partial charge in [0.15, 0.2) is 0 Å². The molecule has 0 aliphatic rings. The van der Waals surface area contributed by atoms with Gasteiger partial charge in [-0.2, -0.15) is 0 Å². The quantitative estimate of drug-likeness (QED) is 0.883. The van der Waals surface area contributed by atoms with Gasteiger partial charge >= 0.3 is 0 Å². The lowest BCUT2D eigenvalue weighted by molar-refractivity contribution is 0.296. The minimum Gasteiger partial charge on any atom is -0.496 e. The molecule has 0 atom stereocenters. The number of hydrogen-bond acceptors (Lipinski definition) is 3. The molecule has 4 heteroatoms. The Labute approximate surface area is 134 Å². The van der Waals surface area contributed by atoms with Gasteiger partial charge in [0, 0.05) is 16.6 Å². The molecular weight excluding hydrogens is 330 g/mol. The third-order valence-corrected chi connectivity index (χ3v) is 4.64. The molecule has 0 aromatic heterocycles. The fraction of sp³-hybridized carbons (Fsp3) is 0.294. The lowest BCUT2D eigenvalue weighted by Crippen LogP contribution is -2.03. The summed E-state index contributed by atoms with van der Waals surface area (Å²) in [6.07, 6.45) is 0. The van der Waals surface area contributed by atoms with Crippen molar-refractivity contribution in [2.75, 3.05) is 7.11 Å². The van der Waals surface area contributed by atoms with Crippen LogP contribution in [0.5, 0.6) is 11.5 Å². The maximum Gasteiger partial charge on any atom is 0.125 e. The number of rotatable bonds is 5. The molecule has 0 unspecified atom stereocenters. The van der Waals surface area contributed by atoms with E-state index in [-0.39, 0.29) is 0 Å². The molecule has 2 aromatic carbocycles. The van der Waals surface area contributed by atoms with Gasteiger partial charge in [-0.15, -0.1) is 0 Å². The van der Waals surface area contributed by atoms with Crippen LogP contribution in [0.4, 0.5) is 0 Å². The minimum absolute atomic E-state index is 0.456. The Bertz CT molecular complexity index is 618. The molecule has 0 fully saturated rings. The van der Waals surface area contributed by atoms with E-state index >= 15 is 0 Å². The lowest BCUT2D eigenvalue weighted by Gasteiger charge is -2.13. The first kappa shape index (κ1) is 15.9. The summed E-state index contributed by atoms with van der Waals surface area (Å²) in [6, 6.07) is 9.97. The molecule has 112 valence electrons. The molecule has 0 heterocycles. The van der Waals surface area contributed by atoms with Crippen molar-refractivity contribution in [2.24, 2.45) is 5.73 Å². The summed E-state index contributed by atoms with van der Waals surface area (Å²) in [4.78, 5) is 0. The molecule has 0 aliphatic carbocycles. The van der Waals surface area contributed by atoms with Gasteiger partial charge in [0.05, 0.1) is 7.11 Å². The number of ether oxygens (including phenoxy) is 2. The molecule has 0 saturated heterocycles. The zero-order chi connectivity index (χ0) is 15.4. The van der Waals surface area contributed by atoms with E-state index in [1.807, 2.05) is 30.3 Å². The summed E-state index contributed by atoms with van der Waals surface area (Å²) < 4.78 is 12.4. The predicted octanol–water partition coefficient (Wildman–Crippen LogP) is 4.11. The SMILES string of the molecule is COc1ccc(CN)cc1COc1cc(C)c(Br)c(C)c1. The largest absolute Gasteiger partial charge is 0.496 e. The van der Waals surface area contributed by atoms with E-state index < -0.39 is 0 Å². The van der Waals surface area contributed by atoms with Crippen molar-refractivity contribution in [3.8, 4) is 11.5 Å². The van der Waals surface area contributed by atoms with Crippen molar-refractivity contribution >= 4 is 15.9 Å². The molecule has 2 rings (SSSR count). The summed E-state index contributed by atoms with van der Waals surface area (Å²) >= 11 is 3.56. The average molecular weight is 350 g/mol. The number of halogens is 1. The summed E-state index contributed by atoms with van der Waals surface area (Å²) in [5.41, 5.74) is 10.1. The topological polar surface area (TPSA) is 44.5 Å². The van der Waals surface area contributed by atoms with Crippen molar-refractivity contribution in [1.29, 1.82) is 0 Å². The zero-order valence-electron chi connectivity index (χ0n) is 12.6. The fourth-order valence-corrected chi connectivity index (χ4v) is 2.45. The van der Waals surface area contributed by atoms with Crippen molar-refractivity contribution in [3.63, 3.8) is 0 Å². The van der Waals surface area contributed by atoms with E-state index in [0.29, 0.717) is 13.2 Å². The second-order valence-electron chi connectivity index (χ2n) is 5.01. The Balaban J connectivity index is 2.19. The van der Waals surface area contributed by atoms with E-state index in [1.54, 1.807) is 7.11 Å². The molecule has 21 heavy (non-hydrogen) atoms. The maximum atomic E-state index is 5.91. The van der Waals surface area contributed by atoms with Gasteiger partial charge in [-0.1, -0.05) is 22.0 Å². The van der Waals surface area contributed by atoms with Crippen LogP contribution in [0.25, 0.3) is 0 Å². The van der Waals surface area contributed by atoms with Crippen LogP contribution in [0.1, 0.15) is 22.3 Å². The Kier molecular flexibility index (Phi) is 5.26. The van der Waals surface area contributed by atoms with Gasteiger partial charge in [-0.3, -0.25) is 0 Å². The van der Waals surface area contributed by atoms with Gasteiger partial charge in [-0.05, 0) is 54.8 Å². The highest BCUT2D eigenvalue weighted by Gasteiger charge is 2.07.